The van der Waals surface area contributed by atoms with Crippen molar-refractivity contribution < 1.29 is 34.2 Å². The number of quaternary nitrogens is 1. The first-order valence-electron chi connectivity index (χ1n) is 16.4. The standard InChI is InChI=1S/C33H61NO6/c1-5-9-10-11-12-13-14-15-16-17-18-19-20-21-22-23-27-34(28(24-6-2)31(35)36,29(25-7-3)32(37)38)30(26-8-4)33(39)40/h10-11,28-30H,5-9,12-27H2,1-4H3,(H2-,35,36,37,38,39,40)/p+1/b11-10+. The van der Waals surface area contributed by atoms with E-state index in [0.29, 0.717) is 25.7 Å². The van der Waals surface area contributed by atoms with Crippen molar-refractivity contribution in [3.8, 4) is 0 Å². The summed E-state index contributed by atoms with van der Waals surface area (Å²) in [7, 11) is 0. The molecule has 7 nitrogen and oxygen atoms in total. The topological polar surface area (TPSA) is 112 Å². The van der Waals surface area contributed by atoms with Gasteiger partial charge in [0.1, 0.15) is 0 Å². The van der Waals surface area contributed by atoms with E-state index in [2.05, 4.69) is 19.1 Å². The number of hydrogen-bond acceptors (Lipinski definition) is 3. The van der Waals surface area contributed by atoms with Crippen molar-refractivity contribution >= 4 is 17.9 Å². The number of carboxylic acid groups (broad SMARTS) is 3. The fourth-order valence-electron chi connectivity index (χ4n) is 6.29. The van der Waals surface area contributed by atoms with Crippen molar-refractivity contribution in [3.63, 3.8) is 0 Å². The Balaban J connectivity index is 5.09. The fraction of sp³-hybridized carbons (Fsp3) is 0.848. The van der Waals surface area contributed by atoms with Crippen LogP contribution < -0.4 is 0 Å². The van der Waals surface area contributed by atoms with Gasteiger partial charge in [0.05, 0.1) is 6.54 Å². The summed E-state index contributed by atoms with van der Waals surface area (Å²) in [6.07, 6.45) is 23.1. The molecule has 0 heterocycles. The van der Waals surface area contributed by atoms with Gasteiger partial charge in [0.25, 0.3) is 0 Å². The fourth-order valence-corrected chi connectivity index (χ4v) is 6.29. The van der Waals surface area contributed by atoms with Crippen LogP contribution in [0.2, 0.25) is 0 Å². The number of nitrogens with zero attached hydrogens (tertiary/aromatic N) is 1. The molecule has 3 atom stereocenters. The second kappa shape index (κ2) is 23.8. The van der Waals surface area contributed by atoms with Crippen molar-refractivity contribution in [2.45, 2.75) is 174 Å². The van der Waals surface area contributed by atoms with Crippen LogP contribution in [0.5, 0.6) is 0 Å². The number of carboxylic acids is 3. The van der Waals surface area contributed by atoms with Crippen LogP contribution in [0, 0.1) is 0 Å². The average Bonchev–Trinajstić information content (AvgIpc) is 2.91. The Labute approximate surface area is 245 Å². The molecule has 40 heavy (non-hydrogen) atoms. The summed E-state index contributed by atoms with van der Waals surface area (Å²) in [5.41, 5.74) is 0. The van der Waals surface area contributed by atoms with E-state index < -0.39 is 36.0 Å². The van der Waals surface area contributed by atoms with E-state index in [4.69, 9.17) is 0 Å². The minimum Gasteiger partial charge on any atom is -0.477 e. The lowest BCUT2D eigenvalue weighted by Crippen LogP contribution is -2.72. The maximum atomic E-state index is 12.6. The van der Waals surface area contributed by atoms with Gasteiger partial charge in [0, 0.05) is 19.3 Å². The van der Waals surface area contributed by atoms with Crippen LogP contribution in [0.25, 0.3) is 0 Å². The summed E-state index contributed by atoms with van der Waals surface area (Å²) in [4.78, 5) is 37.7. The smallest absolute Gasteiger partial charge is 0.362 e. The number of unbranched alkanes of at least 4 members (excludes halogenated alkanes) is 12. The van der Waals surface area contributed by atoms with Gasteiger partial charge in [0.2, 0.25) is 0 Å². The number of allylic oxidation sites excluding steroid dienone is 2. The molecule has 234 valence electrons. The molecule has 0 saturated heterocycles. The van der Waals surface area contributed by atoms with Gasteiger partial charge in [-0.1, -0.05) is 97.6 Å². The molecule has 0 spiro atoms. The highest BCUT2D eigenvalue weighted by Gasteiger charge is 2.56. The van der Waals surface area contributed by atoms with Crippen LogP contribution in [-0.4, -0.2) is 62.4 Å². The third-order valence-electron chi connectivity index (χ3n) is 8.32. The molecule has 0 aliphatic heterocycles. The molecule has 7 heteroatoms. The van der Waals surface area contributed by atoms with Crippen molar-refractivity contribution in [2.24, 2.45) is 0 Å². The van der Waals surface area contributed by atoms with Gasteiger partial charge >= 0.3 is 17.9 Å². The van der Waals surface area contributed by atoms with Crippen molar-refractivity contribution in [1.29, 1.82) is 0 Å². The van der Waals surface area contributed by atoms with E-state index in [1.807, 2.05) is 20.8 Å². The number of hydrogen-bond donors (Lipinski definition) is 3. The molecule has 0 amide bonds. The summed E-state index contributed by atoms with van der Waals surface area (Å²) in [6, 6.07) is -3.13. The number of rotatable bonds is 28. The molecule has 0 aliphatic rings. The summed E-state index contributed by atoms with van der Waals surface area (Å²) in [5, 5.41) is 30.8. The van der Waals surface area contributed by atoms with E-state index in [9.17, 15) is 29.7 Å². The second-order valence-electron chi connectivity index (χ2n) is 11.6. The van der Waals surface area contributed by atoms with Crippen LogP contribution in [-0.2, 0) is 14.4 Å². The van der Waals surface area contributed by atoms with Gasteiger partial charge in [-0.3, -0.25) is 4.48 Å². The Kier molecular flexibility index (Phi) is 22.7. The third kappa shape index (κ3) is 14.1. The molecule has 0 aromatic carbocycles. The Morgan fingerprint density at radius 3 is 1.15 bits per heavy atom. The predicted octanol–water partition coefficient (Wildman–Crippen LogP) is 8.60. The van der Waals surface area contributed by atoms with Crippen molar-refractivity contribution in [2.75, 3.05) is 6.54 Å². The maximum absolute atomic E-state index is 12.6. The first-order chi connectivity index (χ1) is 19.2. The Morgan fingerprint density at radius 2 is 0.825 bits per heavy atom. The monoisotopic (exact) mass is 568 g/mol. The minimum absolute atomic E-state index is 0.270. The van der Waals surface area contributed by atoms with Gasteiger partial charge < -0.3 is 15.3 Å². The lowest BCUT2D eigenvalue weighted by atomic mass is 9.91. The molecule has 0 fully saturated rings. The molecule has 0 bridgehead atoms. The Hall–Kier alpha value is -1.89. The molecule has 0 aromatic rings. The predicted molar refractivity (Wildman–Crippen MR) is 164 cm³/mol. The summed E-state index contributed by atoms with van der Waals surface area (Å²) >= 11 is 0. The zero-order valence-corrected chi connectivity index (χ0v) is 26.2. The van der Waals surface area contributed by atoms with Gasteiger partial charge in [-0.15, -0.1) is 0 Å². The van der Waals surface area contributed by atoms with Crippen molar-refractivity contribution in [3.05, 3.63) is 12.2 Å². The molecule has 3 N–H and O–H groups in total. The van der Waals surface area contributed by atoms with Crippen LogP contribution in [0.1, 0.15) is 156 Å². The molecular formula is C33H62NO6+. The average molecular weight is 569 g/mol. The molecule has 0 aliphatic carbocycles. The molecule has 0 aromatic heterocycles. The first-order valence-corrected chi connectivity index (χ1v) is 16.4. The largest absolute Gasteiger partial charge is 0.477 e. The van der Waals surface area contributed by atoms with E-state index >= 15 is 0 Å². The highest BCUT2D eigenvalue weighted by atomic mass is 16.4. The van der Waals surface area contributed by atoms with Gasteiger partial charge in [-0.25, -0.2) is 14.4 Å². The quantitative estimate of drug-likeness (QED) is 0.0495. The van der Waals surface area contributed by atoms with Crippen LogP contribution in [0.15, 0.2) is 12.2 Å². The summed E-state index contributed by atoms with van der Waals surface area (Å²) < 4.78 is -0.371. The van der Waals surface area contributed by atoms with E-state index in [-0.39, 0.29) is 30.3 Å². The SMILES string of the molecule is CCC/C=C/CCCCCCCCCCCCC[N+](C(CCC)C(=O)O)(C(CCC)C(=O)O)C(CCC)C(=O)O. The molecular weight excluding hydrogens is 506 g/mol. The van der Waals surface area contributed by atoms with Gasteiger partial charge in [0.15, 0.2) is 18.1 Å². The van der Waals surface area contributed by atoms with E-state index in [1.54, 1.807) is 0 Å². The van der Waals surface area contributed by atoms with Crippen LogP contribution in [0.3, 0.4) is 0 Å². The minimum atomic E-state index is -1.08. The van der Waals surface area contributed by atoms with Gasteiger partial charge in [-0.05, 0) is 51.4 Å². The first kappa shape index (κ1) is 38.1. The Bertz CT molecular complexity index is 647. The molecule has 3 unspecified atom stereocenters. The van der Waals surface area contributed by atoms with Crippen molar-refractivity contribution in [1.82, 2.24) is 0 Å². The summed E-state index contributed by atoms with van der Waals surface area (Å²) in [5.74, 6) is -3.25. The zero-order valence-electron chi connectivity index (χ0n) is 26.2. The lowest BCUT2D eigenvalue weighted by molar-refractivity contribution is -0.973. The highest BCUT2D eigenvalue weighted by molar-refractivity contribution is 5.78. The normalized spacial score (nSPS) is 15.5. The van der Waals surface area contributed by atoms with Crippen LogP contribution >= 0.6 is 0 Å². The molecule has 0 radical (unpaired) electrons. The Morgan fingerprint density at radius 1 is 0.500 bits per heavy atom. The highest BCUT2D eigenvalue weighted by Crippen LogP contribution is 2.34. The lowest BCUT2D eigenvalue weighted by Gasteiger charge is -2.50. The second-order valence-corrected chi connectivity index (χ2v) is 11.6. The molecule has 0 rings (SSSR count). The number of carbonyl (C=O) groups is 3. The molecule has 0 saturated carbocycles. The van der Waals surface area contributed by atoms with Gasteiger partial charge in [-0.2, -0.15) is 0 Å². The van der Waals surface area contributed by atoms with Crippen LogP contribution in [0.4, 0.5) is 0 Å². The van der Waals surface area contributed by atoms with E-state index in [1.165, 1.54) is 64.2 Å². The van der Waals surface area contributed by atoms with E-state index in [0.717, 1.165) is 19.3 Å². The zero-order chi connectivity index (χ0) is 30.2. The maximum Gasteiger partial charge on any atom is 0.362 e. The summed E-state index contributed by atoms with van der Waals surface area (Å²) in [6.45, 7) is 8.11. The number of aliphatic carboxylic acids is 3. The third-order valence-corrected chi connectivity index (χ3v) is 8.32.